The molecule has 4 N–H and O–H groups in total. The monoisotopic (exact) mass is 203 g/mol. The maximum Gasteiger partial charge on any atom is 0.180 e. The Bertz CT molecular complexity index is 182. The zero-order valence-electron chi connectivity index (χ0n) is 7.93. The van der Waals surface area contributed by atoms with Crippen LogP contribution >= 0.6 is 12.2 Å². The molecule has 0 aromatic rings. The molecule has 0 radical (unpaired) electrons. The molecule has 0 aliphatic heterocycles. The summed E-state index contributed by atoms with van der Waals surface area (Å²) in [5.74, 6) is 5.14. The van der Waals surface area contributed by atoms with Crippen LogP contribution in [-0.2, 0) is 4.74 Å². The molecule has 0 aromatic carbocycles. The van der Waals surface area contributed by atoms with Gasteiger partial charge in [-0.15, -0.1) is 0 Å². The van der Waals surface area contributed by atoms with Gasteiger partial charge in [0.15, 0.2) is 5.11 Å². The van der Waals surface area contributed by atoms with Gasteiger partial charge in [-0.1, -0.05) is 0 Å². The first-order chi connectivity index (χ1) is 6.22. The van der Waals surface area contributed by atoms with Gasteiger partial charge in [-0.05, 0) is 36.9 Å². The van der Waals surface area contributed by atoms with Gasteiger partial charge in [-0.2, -0.15) is 0 Å². The molecular formula is C8H17N3OS. The van der Waals surface area contributed by atoms with Crippen molar-refractivity contribution >= 4 is 17.3 Å². The third-order valence-corrected chi connectivity index (χ3v) is 2.81. The first-order valence-corrected chi connectivity index (χ1v) is 4.87. The number of hydrogen-bond acceptors (Lipinski definition) is 3. The third kappa shape index (κ3) is 3.46. The number of thiocarbonyl (C=S) groups is 1. The van der Waals surface area contributed by atoms with Crippen LogP contribution in [0.15, 0.2) is 0 Å². The summed E-state index contributed by atoms with van der Waals surface area (Å²) in [5, 5.41) is 3.60. The summed E-state index contributed by atoms with van der Waals surface area (Å²) in [5.41, 5.74) is 2.82. The van der Waals surface area contributed by atoms with Crippen LogP contribution in [0.5, 0.6) is 0 Å². The molecule has 0 unspecified atom stereocenters. The molecular weight excluding hydrogens is 186 g/mol. The molecule has 1 aliphatic carbocycles. The van der Waals surface area contributed by atoms with Crippen molar-refractivity contribution in [3.63, 3.8) is 0 Å². The van der Waals surface area contributed by atoms with Gasteiger partial charge in [0.2, 0.25) is 0 Å². The molecule has 0 bridgehead atoms. The fraction of sp³-hybridized carbons (Fsp3) is 0.875. The summed E-state index contributed by atoms with van der Waals surface area (Å²) in [6.07, 6.45) is 3.62. The lowest BCUT2D eigenvalue weighted by molar-refractivity contribution is 0.172. The molecule has 1 aliphatic rings. The maximum absolute atomic E-state index is 5.14. The van der Waals surface area contributed by atoms with Gasteiger partial charge in [0.25, 0.3) is 0 Å². The van der Waals surface area contributed by atoms with Crippen LogP contribution in [0.25, 0.3) is 0 Å². The zero-order valence-corrected chi connectivity index (χ0v) is 8.75. The van der Waals surface area contributed by atoms with Crippen molar-refractivity contribution in [1.29, 1.82) is 0 Å². The van der Waals surface area contributed by atoms with Crippen molar-refractivity contribution < 1.29 is 4.74 Å². The Hall–Kier alpha value is -0.390. The Kier molecular flexibility index (Phi) is 3.90. The van der Waals surface area contributed by atoms with Crippen LogP contribution in [0.2, 0.25) is 0 Å². The van der Waals surface area contributed by atoms with Crippen LogP contribution < -0.4 is 16.6 Å². The van der Waals surface area contributed by atoms with E-state index in [0.717, 1.165) is 19.6 Å². The lowest BCUT2D eigenvalue weighted by Crippen LogP contribution is -2.42. The van der Waals surface area contributed by atoms with Crippen LogP contribution in [0, 0.1) is 5.41 Å². The molecule has 1 saturated carbocycles. The highest BCUT2D eigenvalue weighted by atomic mass is 32.1. The van der Waals surface area contributed by atoms with Gasteiger partial charge < -0.3 is 15.5 Å². The van der Waals surface area contributed by atoms with Gasteiger partial charge in [0.1, 0.15) is 0 Å². The predicted molar refractivity (Wildman–Crippen MR) is 56.1 cm³/mol. The van der Waals surface area contributed by atoms with Gasteiger partial charge >= 0.3 is 0 Å². The molecule has 0 spiro atoms. The molecule has 1 fully saturated rings. The molecule has 76 valence electrons. The standard InChI is InChI=1S/C8H17N3OS/c1-12-5-4-8(2-3-8)6-10-7(13)11-9/h2-6,9H2,1H3,(H2,10,11,13). The van der Waals surface area contributed by atoms with Crippen LogP contribution in [0.4, 0.5) is 0 Å². The fourth-order valence-corrected chi connectivity index (χ4v) is 1.40. The van der Waals surface area contributed by atoms with E-state index in [9.17, 15) is 0 Å². The Balaban J connectivity index is 2.16. The second kappa shape index (κ2) is 4.74. The Labute approximate surface area is 84.2 Å². The van der Waals surface area contributed by atoms with Crippen LogP contribution in [-0.4, -0.2) is 25.4 Å². The van der Waals surface area contributed by atoms with Gasteiger partial charge in [-0.25, -0.2) is 5.84 Å². The topological polar surface area (TPSA) is 59.3 Å². The Morgan fingerprint density at radius 3 is 2.77 bits per heavy atom. The number of rotatable bonds is 5. The second-order valence-corrected chi connectivity index (χ2v) is 3.98. The second-order valence-electron chi connectivity index (χ2n) is 3.57. The highest BCUT2D eigenvalue weighted by Crippen LogP contribution is 2.48. The summed E-state index contributed by atoms with van der Waals surface area (Å²) in [6, 6.07) is 0. The minimum absolute atomic E-state index is 0.414. The number of ether oxygens (including phenoxy) is 1. The van der Waals surface area contributed by atoms with Crippen molar-refractivity contribution in [1.82, 2.24) is 10.7 Å². The summed E-state index contributed by atoms with van der Waals surface area (Å²) in [4.78, 5) is 0. The van der Waals surface area contributed by atoms with Crippen molar-refractivity contribution in [3.05, 3.63) is 0 Å². The molecule has 0 atom stereocenters. The SMILES string of the molecule is COCCC1(CNC(=S)NN)CC1. The summed E-state index contributed by atoms with van der Waals surface area (Å²) >= 11 is 4.89. The average molecular weight is 203 g/mol. The normalized spacial score (nSPS) is 18.0. The van der Waals surface area contributed by atoms with E-state index >= 15 is 0 Å². The van der Waals surface area contributed by atoms with E-state index < -0.39 is 0 Å². The van der Waals surface area contributed by atoms with E-state index in [-0.39, 0.29) is 0 Å². The first kappa shape index (κ1) is 10.7. The number of hydrazine groups is 1. The van der Waals surface area contributed by atoms with Gasteiger partial charge in [0, 0.05) is 20.3 Å². The summed E-state index contributed by atoms with van der Waals surface area (Å²) in [6.45, 7) is 1.73. The lowest BCUT2D eigenvalue weighted by Gasteiger charge is -2.16. The van der Waals surface area contributed by atoms with Crippen LogP contribution in [0.1, 0.15) is 19.3 Å². The van der Waals surface area contributed by atoms with E-state index in [4.69, 9.17) is 22.8 Å². The molecule has 0 heterocycles. The van der Waals surface area contributed by atoms with E-state index in [1.54, 1.807) is 7.11 Å². The van der Waals surface area contributed by atoms with E-state index in [0.29, 0.717) is 10.5 Å². The average Bonchev–Trinajstić information content (AvgIpc) is 2.92. The van der Waals surface area contributed by atoms with Crippen molar-refractivity contribution in [2.75, 3.05) is 20.3 Å². The van der Waals surface area contributed by atoms with Crippen molar-refractivity contribution in [2.24, 2.45) is 11.3 Å². The molecule has 0 aromatic heterocycles. The summed E-state index contributed by atoms with van der Waals surface area (Å²) in [7, 11) is 1.73. The molecule has 1 rings (SSSR count). The molecule has 0 saturated heterocycles. The third-order valence-electron chi connectivity index (χ3n) is 2.55. The Morgan fingerprint density at radius 2 is 2.31 bits per heavy atom. The quantitative estimate of drug-likeness (QED) is 0.337. The summed E-state index contributed by atoms with van der Waals surface area (Å²) < 4.78 is 5.05. The molecule has 13 heavy (non-hydrogen) atoms. The number of nitrogens with one attached hydrogen (secondary N) is 2. The van der Waals surface area contributed by atoms with Crippen LogP contribution in [0.3, 0.4) is 0 Å². The fourth-order valence-electron chi connectivity index (χ4n) is 1.33. The minimum Gasteiger partial charge on any atom is -0.385 e. The van der Waals surface area contributed by atoms with E-state index in [1.807, 2.05) is 0 Å². The molecule has 5 heteroatoms. The van der Waals surface area contributed by atoms with Crippen molar-refractivity contribution in [2.45, 2.75) is 19.3 Å². The van der Waals surface area contributed by atoms with E-state index in [2.05, 4.69) is 10.7 Å². The first-order valence-electron chi connectivity index (χ1n) is 4.46. The largest absolute Gasteiger partial charge is 0.385 e. The number of hydrogen-bond donors (Lipinski definition) is 3. The number of nitrogens with two attached hydrogens (primary N) is 1. The van der Waals surface area contributed by atoms with E-state index in [1.165, 1.54) is 12.8 Å². The molecule has 0 amide bonds. The Morgan fingerprint density at radius 1 is 1.62 bits per heavy atom. The van der Waals surface area contributed by atoms with Gasteiger partial charge in [0.05, 0.1) is 0 Å². The maximum atomic E-state index is 5.14. The smallest absolute Gasteiger partial charge is 0.180 e. The highest BCUT2D eigenvalue weighted by Gasteiger charge is 2.41. The molecule has 4 nitrogen and oxygen atoms in total. The predicted octanol–water partition coefficient (Wildman–Crippen LogP) is 0.141. The minimum atomic E-state index is 0.414. The lowest BCUT2D eigenvalue weighted by atomic mass is 10.0. The zero-order chi connectivity index (χ0) is 9.73. The van der Waals surface area contributed by atoms with Gasteiger partial charge in [-0.3, -0.25) is 0 Å². The highest BCUT2D eigenvalue weighted by molar-refractivity contribution is 7.80. The van der Waals surface area contributed by atoms with Crippen molar-refractivity contribution in [3.8, 4) is 0 Å². The number of methoxy groups -OCH3 is 1.